The highest BCUT2D eigenvalue weighted by molar-refractivity contribution is 6.34. The fourth-order valence-corrected chi connectivity index (χ4v) is 9.03. The minimum atomic E-state index is -0.558. The highest BCUT2D eigenvalue weighted by Gasteiger charge is 2.20. The van der Waals surface area contributed by atoms with Gasteiger partial charge in [0.05, 0.1) is 43.9 Å². The second-order valence-corrected chi connectivity index (χ2v) is 18.2. The molecule has 0 radical (unpaired) electrons. The van der Waals surface area contributed by atoms with Crippen molar-refractivity contribution < 1.29 is 37.6 Å². The van der Waals surface area contributed by atoms with E-state index in [0.29, 0.717) is 74.5 Å². The first-order chi connectivity index (χ1) is 33.4. The molecule has 17 heteroatoms. The fraction of sp³-hybridized carbons (Fsp3) is 0.385. The standard InChI is InChI=1S/C26H29FN4O3.C17H22ClN3O2.C9H8FNO/c1-16-12-18-20(30-16)4-5-22(25(18)27)34-26-19-13-23(32-3)24(14-21(19)28-15-29-26)33-11-8-17-6-9-31(2)10-7-17;1-21-6-3-12(4-7-21)5-8-23-16-10-14-13(9-15(16)22-2)17(18)20-11-19-14;1-5-4-6-7(11-5)2-3-8(12)9(6)10/h4-5,12-15,17,30H,6-11H2,1-3H3;9-12H,3-8H2,1-2H3;2-4,11-12H,1H3. The summed E-state index contributed by atoms with van der Waals surface area (Å²) in [6, 6.07) is 17.1. The molecule has 4 aromatic heterocycles. The van der Waals surface area contributed by atoms with Crippen molar-refractivity contribution in [2.45, 2.75) is 52.4 Å². The summed E-state index contributed by atoms with van der Waals surface area (Å²) in [5, 5.41) is 11.8. The van der Waals surface area contributed by atoms with Crippen LogP contribution in [0, 0.1) is 37.3 Å². The summed E-state index contributed by atoms with van der Waals surface area (Å²) in [7, 11) is 7.57. The second kappa shape index (κ2) is 22.3. The largest absolute Gasteiger partial charge is 0.505 e. The number of nitrogens with zero attached hydrogens (tertiary/aromatic N) is 6. The average molecular weight is 966 g/mol. The number of phenols is 1. The molecule has 8 aromatic rings. The first-order valence-corrected chi connectivity index (χ1v) is 23.6. The van der Waals surface area contributed by atoms with Crippen LogP contribution in [0.4, 0.5) is 8.78 Å². The molecule has 0 saturated carbocycles. The maximum Gasteiger partial charge on any atom is 0.230 e. The number of rotatable bonds is 12. The molecule has 0 atom stereocenters. The number of aromatic nitrogens is 6. The van der Waals surface area contributed by atoms with Crippen molar-refractivity contribution in [3.8, 4) is 40.4 Å². The average Bonchev–Trinajstić information content (AvgIpc) is 3.94. The van der Waals surface area contributed by atoms with Crippen LogP contribution < -0.4 is 23.7 Å². The number of hydrogen-bond acceptors (Lipinski definition) is 12. The molecule has 0 amide bonds. The number of benzene rings is 4. The second-order valence-electron chi connectivity index (χ2n) is 17.9. The van der Waals surface area contributed by atoms with Gasteiger partial charge in [-0.05, 0) is 153 Å². The molecule has 2 aliphatic heterocycles. The summed E-state index contributed by atoms with van der Waals surface area (Å²) in [6.45, 7) is 9.68. The van der Waals surface area contributed by atoms with Crippen LogP contribution in [0.3, 0.4) is 0 Å². The van der Waals surface area contributed by atoms with Crippen LogP contribution in [0.1, 0.15) is 49.9 Å². The molecule has 0 unspecified atom stereocenters. The summed E-state index contributed by atoms with van der Waals surface area (Å²) in [5.74, 6) is 3.05. The fourth-order valence-electron chi connectivity index (χ4n) is 8.84. The first-order valence-electron chi connectivity index (χ1n) is 23.2. The van der Waals surface area contributed by atoms with Crippen LogP contribution in [0.25, 0.3) is 43.6 Å². The Kier molecular flexibility index (Phi) is 15.8. The van der Waals surface area contributed by atoms with Gasteiger partial charge >= 0.3 is 0 Å². The topological polar surface area (TPSA) is 156 Å². The third-order valence-electron chi connectivity index (χ3n) is 12.9. The minimum absolute atomic E-state index is 0.101. The lowest BCUT2D eigenvalue weighted by Gasteiger charge is -2.28. The van der Waals surface area contributed by atoms with E-state index >= 15 is 4.39 Å². The number of aryl methyl sites for hydroxylation is 2. The predicted molar refractivity (Wildman–Crippen MR) is 266 cm³/mol. The monoisotopic (exact) mass is 964 g/mol. The molecule has 69 heavy (non-hydrogen) atoms. The van der Waals surface area contributed by atoms with Crippen LogP contribution in [0.15, 0.2) is 73.3 Å². The predicted octanol–water partition coefficient (Wildman–Crippen LogP) is 11.2. The lowest BCUT2D eigenvalue weighted by atomic mass is 9.94. The summed E-state index contributed by atoms with van der Waals surface area (Å²) in [5.41, 5.74) is 4.60. The first kappa shape index (κ1) is 48.9. The number of ether oxygens (including phenoxy) is 5. The molecule has 0 spiro atoms. The van der Waals surface area contributed by atoms with Crippen molar-refractivity contribution in [1.82, 2.24) is 39.7 Å². The van der Waals surface area contributed by atoms with Crippen molar-refractivity contribution in [2.75, 3.05) is 67.7 Å². The molecule has 6 heterocycles. The van der Waals surface area contributed by atoms with Crippen LogP contribution in [-0.2, 0) is 0 Å². The maximum atomic E-state index is 15.1. The Hall–Kier alpha value is -6.49. The highest BCUT2D eigenvalue weighted by atomic mass is 35.5. The number of piperidine rings is 2. The molecule has 0 bridgehead atoms. The van der Waals surface area contributed by atoms with Crippen molar-refractivity contribution >= 4 is 55.2 Å². The van der Waals surface area contributed by atoms with Crippen molar-refractivity contribution in [1.29, 1.82) is 0 Å². The van der Waals surface area contributed by atoms with E-state index in [1.54, 1.807) is 50.6 Å². The van der Waals surface area contributed by atoms with Gasteiger partial charge in [0, 0.05) is 50.7 Å². The zero-order chi connectivity index (χ0) is 48.6. The summed E-state index contributed by atoms with van der Waals surface area (Å²) in [4.78, 5) is 27.7. The van der Waals surface area contributed by atoms with Gasteiger partial charge < -0.3 is 48.6 Å². The third-order valence-corrected chi connectivity index (χ3v) is 13.2. The number of methoxy groups -OCH3 is 2. The van der Waals surface area contributed by atoms with E-state index in [9.17, 15) is 4.39 Å². The quantitative estimate of drug-likeness (QED) is 0.0998. The number of aromatic amines is 2. The Balaban J connectivity index is 0.000000157. The number of aromatic hydroxyl groups is 1. The van der Waals surface area contributed by atoms with Gasteiger partial charge in [0.2, 0.25) is 5.88 Å². The number of phenolic OH excluding ortho intramolecular Hbond substituents is 1. The Labute approximate surface area is 404 Å². The molecule has 2 fully saturated rings. The number of halogens is 3. The van der Waals surface area contributed by atoms with Gasteiger partial charge in [-0.25, -0.2) is 28.7 Å². The zero-order valence-electron chi connectivity index (χ0n) is 39.9. The Morgan fingerprint density at radius 2 is 1.10 bits per heavy atom. The molecule has 0 aliphatic carbocycles. The Morgan fingerprint density at radius 1 is 0.609 bits per heavy atom. The van der Waals surface area contributed by atoms with Gasteiger partial charge in [-0.2, -0.15) is 0 Å². The maximum absolute atomic E-state index is 15.1. The van der Waals surface area contributed by atoms with E-state index in [1.165, 1.54) is 57.5 Å². The van der Waals surface area contributed by atoms with Gasteiger partial charge in [0.25, 0.3) is 0 Å². The molecular weight excluding hydrogens is 906 g/mol. The summed E-state index contributed by atoms with van der Waals surface area (Å²) >= 11 is 6.10. The zero-order valence-corrected chi connectivity index (χ0v) is 40.6. The normalized spacial score (nSPS) is 14.9. The smallest absolute Gasteiger partial charge is 0.230 e. The van der Waals surface area contributed by atoms with Crippen molar-refractivity contribution in [3.63, 3.8) is 0 Å². The molecule has 10 rings (SSSR count). The molecule has 4 aromatic carbocycles. The van der Waals surface area contributed by atoms with Crippen molar-refractivity contribution in [3.05, 3.63) is 101 Å². The van der Waals surface area contributed by atoms with Gasteiger partial charge in [0.15, 0.2) is 46.1 Å². The number of likely N-dealkylation sites (tertiary alicyclic amines) is 2. The van der Waals surface area contributed by atoms with Crippen molar-refractivity contribution in [2.24, 2.45) is 11.8 Å². The van der Waals surface area contributed by atoms with Gasteiger partial charge in [-0.15, -0.1) is 0 Å². The third kappa shape index (κ3) is 11.9. The van der Waals surface area contributed by atoms with Gasteiger partial charge in [0.1, 0.15) is 17.8 Å². The minimum Gasteiger partial charge on any atom is -0.505 e. The van der Waals surface area contributed by atoms with E-state index in [4.69, 9.17) is 40.4 Å². The van der Waals surface area contributed by atoms with Gasteiger partial charge in [-0.3, -0.25) is 0 Å². The van der Waals surface area contributed by atoms with E-state index in [1.807, 2.05) is 32.0 Å². The number of hydrogen-bond donors (Lipinski definition) is 3. The Bertz CT molecular complexity index is 3030. The molecular formula is C52H59ClF2N8O6. The molecule has 364 valence electrons. The lowest BCUT2D eigenvalue weighted by molar-refractivity contribution is 0.185. The number of H-pyrrole nitrogens is 2. The summed E-state index contributed by atoms with van der Waals surface area (Å²) < 4.78 is 57.2. The van der Waals surface area contributed by atoms with E-state index in [2.05, 4.69) is 53.8 Å². The molecule has 2 aliphatic rings. The van der Waals surface area contributed by atoms with E-state index in [0.717, 1.165) is 59.7 Å². The number of fused-ring (bicyclic) bond motifs is 4. The van der Waals surface area contributed by atoms with E-state index in [-0.39, 0.29) is 17.4 Å². The molecule has 3 N–H and O–H groups in total. The van der Waals surface area contributed by atoms with Crippen LogP contribution in [0.2, 0.25) is 5.15 Å². The molecule has 14 nitrogen and oxygen atoms in total. The molecule has 2 saturated heterocycles. The summed E-state index contributed by atoms with van der Waals surface area (Å²) in [6.07, 6.45) is 9.84. The van der Waals surface area contributed by atoms with E-state index < -0.39 is 11.6 Å². The van der Waals surface area contributed by atoms with Crippen LogP contribution in [-0.4, -0.2) is 113 Å². The van der Waals surface area contributed by atoms with Gasteiger partial charge in [-0.1, -0.05) is 11.6 Å². The highest BCUT2D eigenvalue weighted by Crippen LogP contribution is 2.38. The van der Waals surface area contributed by atoms with Crippen LogP contribution >= 0.6 is 11.6 Å². The van der Waals surface area contributed by atoms with Crippen LogP contribution in [0.5, 0.6) is 40.4 Å². The SMILES string of the molecule is COc1cc2c(Cl)ncnc2cc1OCCC1CCN(C)CC1.COc1cc2c(Oc3ccc4[nH]c(C)cc4c3F)ncnc2cc1OCCC1CCN(C)CC1.Cc1cc2c(F)c(O)ccc2[nH]1. The Morgan fingerprint density at radius 3 is 1.65 bits per heavy atom. The lowest BCUT2D eigenvalue weighted by Crippen LogP contribution is -2.30. The number of nitrogens with one attached hydrogen (secondary N) is 2.